The number of piperidine rings is 1. The van der Waals surface area contributed by atoms with Crippen LogP contribution in [0.3, 0.4) is 0 Å². The molecule has 1 saturated heterocycles. The Bertz CT molecular complexity index is 898. The third kappa shape index (κ3) is 5.29. The summed E-state index contributed by atoms with van der Waals surface area (Å²) in [5.74, 6) is 2.39. The molecule has 32 heavy (non-hydrogen) atoms. The maximum Gasteiger partial charge on any atom is 0.235 e. The van der Waals surface area contributed by atoms with Gasteiger partial charge in [-0.3, -0.25) is 9.69 Å². The number of likely N-dealkylation sites (tertiary alicyclic amines) is 1. The lowest BCUT2D eigenvalue weighted by Crippen LogP contribution is -2.40. The molecular formula is C27H35ClN2O2. The zero-order chi connectivity index (χ0) is 22.6. The Labute approximate surface area is 197 Å². The van der Waals surface area contributed by atoms with Crippen LogP contribution < -0.4 is 10.1 Å². The Morgan fingerprint density at radius 2 is 1.72 bits per heavy atom. The minimum atomic E-state index is -0.545. The highest BCUT2D eigenvalue weighted by molar-refractivity contribution is 6.31. The van der Waals surface area contributed by atoms with Gasteiger partial charge in [-0.15, -0.1) is 0 Å². The van der Waals surface area contributed by atoms with Crippen molar-refractivity contribution in [1.82, 2.24) is 4.90 Å². The number of amides is 1. The summed E-state index contributed by atoms with van der Waals surface area (Å²) in [6.07, 6.45) is 5.07. The van der Waals surface area contributed by atoms with Gasteiger partial charge in [-0.25, -0.2) is 0 Å². The highest BCUT2D eigenvalue weighted by Crippen LogP contribution is 2.44. The van der Waals surface area contributed by atoms with Gasteiger partial charge in [0.05, 0.1) is 5.41 Å². The van der Waals surface area contributed by atoms with E-state index < -0.39 is 5.41 Å². The van der Waals surface area contributed by atoms with E-state index >= 15 is 0 Å². The van der Waals surface area contributed by atoms with Crippen LogP contribution in [0.5, 0.6) is 5.75 Å². The summed E-state index contributed by atoms with van der Waals surface area (Å²) in [6.45, 7) is 8.61. The molecule has 1 aliphatic heterocycles. The van der Waals surface area contributed by atoms with Crippen molar-refractivity contribution in [2.24, 2.45) is 11.8 Å². The van der Waals surface area contributed by atoms with Crippen LogP contribution in [0.4, 0.5) is 5.69 Å². The molecule has 1 heterocycles. The van der Waals surface area contributed by atoms with E-state index in [1.54, 1.807) is 0 Å². The van der Waals surface area contributed by atoms with Gasteiger partial charge in [0.25, 0.3) is 0 Å². The molecule has 2 fully saturated rings. The van der Waals surface area contributed by atoms with Crippen LogP contribution in [0.15, 0.2) is 48.5 Å². The van der Waals surface area contributed by atoms with Crippen LogP contribution in [-0.4, -0.2) is 37.0 Å². The third-order valence-corrected chi connectivity index (χ3v) is 7.34. The number of ether oxygens (including phenoxy) is 1. The number of nitrogens with zero attached hydrogens (tertiary/aromatic N) is 1. The van der Waals surface area contributed by atoms with E-state index in [4.69, 9.17) is 16.3 Å². The second-order valence-corrected chi connectivity index (χ2v) is 10.2. The SMILES string of the molecule is C[C@@H]1C[C@H](C)CN(CCOc2ccc(NC(=O)C3(c4ccccc4Cl)CCCC3)cc2)C1. The summed E-state index contributed by atoms with van der Waals surface area (Å²) in [5.41, 5.74) is 1.19. The van der Waals surface area contributed by atoms with Gasteiger partial charge >= 0.3 is 0 Å². The molecule has 0 radical (unpaired) electrons. The van der Waals surface area contributed by atoms with Crippen LogP contribution in [0, 0.1) is 11.8 Å². The van der Waals surface area contributed by atoms with Crippen molar-refractivity contribution in [3.05, 3.63) is 59.1 Å². The Morgan fingerprint density at radius 3 is 2.38 bits per heavy atom. The maximum atomic E-state index is 13.4. The Morgan fingerprint density at radius 1 is 1.06 bits per heavy atom. The van der Waals surface area contributed by atoms with E-state index in [-0.39, 0.29) is 5.91 Å². The zero-order valence-electron chi connectivity index (χ0n) is 19.3. The van der Waals surface area contributed by atoms with E-state index in [1.165, 1.54) is 6.42 Å². The number of hydrogen-bond donors (Lipinski definition) is 1. The summed E-state index contributed by atoms with van der Waals surface area (Å²) in [6, 6.07) is 15.5. The molecule has 2 aromatic carbocycles. The van der Waals surface area contributed by atoms with Crippen LogP contribution in [0.25, 0.3) is 0 Å². The number of anilines is 1. The molecule has 0 spiro atoms. The van der Waals surface area contributed by atoms with Crippen LogP contribution in [-0.2, 0) is 10.2 Å². The molecule has 2 aromatic rings. The number of benzene rings is 2. The fourth-order valence-corrected chi connectivity index (χ4v) is 5.92. The molecule has 0 unspecified atom stereocenters. The molecule has 4 rings (SSSR count). The maximum absolute atomic E-state index is 13.4. The molecular weight excluding hydrogens is 420 g/mol. The topological polar surface area (TPSA) is 41.6 Å². The minimum Gasteiger partial charge on any atom is -0.492 e. The molecule has 172 valence electrons. The van der Waals surface area contributed by atoms with Gasteiger partial charge in [0.15, 0.2) is 0 Å². The third-order valence-electron chi connectivity index (χ3n) is 7.01. The van der Waals surface area contributed by atoms with Crippen molar-refractivity contribution in [2.45, 2.75) is 51.4 Å². The zero-order valence-corrected chi connectivity index (χ0v) is 20.0. The van der Waals surface area contributed by atoms with Crippen molar-refractivity contribution >= 4 is 23.2 Å². The second kappa shape index (κ2) is 10.3. The van der Waals surface area contributed by atoms with Crippen molar-refractivity contribution in [3.8, 4) is 5.75 Å². The van der Waals surface area contributed by atoms with E-state index in [0.29, 0.717) is 11.6 Å². The number of rotatable bonds is 7. The highest BCUT2D eigenvalue weighted by atomic mass is 35.5. The van der Waals surface area contributed by atoms with E-state index in [1.807, 2.05) is 48.5 Å². The first-order chi connectivity index (χ1) is 15.5. The average molecular weight is 455 g/mol. The summed E-state index contributed by atoms with van der Waals surface area (Å²) in [5, 5.41) is 3.81. The molecule has 1 aliphatic carbocycles. The first-order valence-corrected chi connectivity index (χ1v) is 12.4. The summed E-state index contributed by atoms with van der Waals surface area (Å²) in [4.78, 5) is 15.9. The molecule has 2 atom stereocenters. The van der Waals surface area contributed by atoms with Gasteiger partial charge in [-0.1, -0.05) is 56.5 Å². The van der Waals surface area contributed by atoms with Gasteiger partial charge in [0, 0.05) is 30.3 Å². The summed E-state index contributed by atoms with van der Waals surface area (Å²) < 4.78 is 5.97. The Balaban J connectivity index is 1.34. The molecule has 5 heteroatoms. The normalized spacial score (nSPS) is 23.1. The number of carbonyl (C=O) groups excluding carboxylic acids is 1. The predicted molar refractivity (Wildman–Crippen MR) is 132 cm³/mol. The molecule has 2 aliphatic rings. The van der Waals surface area contributed by atoms with Gasteiger partial charge in [-0.05, 0) is 67.0 Å². The fraction of sp³-hybridized carbons (Fsp3) is 0.519. The molecule has 0 bridgehead atoms. The first kappa shape index (κ1) is 23.1. The molecule has 1 amide bonds. The standard InChI is InChI=1S/C27H35ClN2O2/c1-20-17-21(2)19-30(18-20)15-16-32-23-11-9-22(10-12-23)29-26(31)27(13-5-6-14-27)24-7-3-4-8-25(24)28/h3-4,7-12,20-21H,5-6,13-19H2,1-2H3,(H,29,31)/t20-,21+. The first-order valence-electron chi connectivity index (χ1n) is 12.0. The van der Waals surface area contributed by atoms with E-state index in [2.05, 4.69) is 24.1 Å². The minimum absolute atomic E-state index is 0.0325. The van der Waals surface area contributed by atoms with Crippen LogP contribution in [0.2, 0.25) is 5.02 Å². The predicted octanol–water partition coefficient (Wildman–Crippen LogP) is 6.15. The molecule has 0 aromatic heterocycles. The quantitative estimate of drug-likeness (QED) is 0.545. The van der Waals surface area contributed by atoms with Crippen LogP contribution in [0.1, 0.15) is 51.5 Å². The number of nitrogens with one attached hydrogen (secondary N) is 1. The molecule has 1 N–H and O–H groups in total. The van der Waals surface area contributed by atoms with Crippen LogP contribution >= 0.6 is 11.6 Å². The highest BCUT2D eigenvalue weighted by Gasteiger charge is 2.43. The fourth-order valence-electron chi connectivity index (χ4n) is 5.60. The smallest absolute Gasteiger partial charge is 0.235 e. The van der Waals surface area contributed by atoms with Crippen molar-refractivity contribution < 1.29 is 9.53 Å². The monoisotopic (exact) mass is 454 g/mol. The number of carbonyl (C=O) groups is 1. The Kier molecular flexibility index (Phi) is 7.42. The molecule has 4 nitrogen and oxygen atoms in total. The van der Waals surface area contributed by atoms with E-state index in [0.717, 1.165) is 74.2 Å². The van der Waals surface area contributed by atoms with Gasteiger partial charge < -0.3 is 10.1 Å². The number of halogens is 1. The average Bonchev–Trinajstić information content (AvgIpc) is 3.26. The summed E-state index contributed by atoms with van der Waals surface area (Å²) in [7, 11) is 0. The number of hydrogen-bond acceptors (Lipinski definition) is 3. The van der Waals surface area contributed by atoms with Gasteiger partial charge in [0.2, 0.25) is 5.91 Å². The molecule has 1 saturated carbocycles. The lowest BCUT2D eigenvalue weighted by atomic mass is 9.78. The van der Waals surface area contributed by atoms with Gasteiger partial charge in [0.1, 0.15) is 12.4 Å². The van der Waals surface area contributed by atoms with Crippen molar-refractivity contribution in [2.75, 3.05) is 31.6 Å². The van der Waals surface area contributed by atoms with E-state index in [9.17, 15) is 4.79 Å². The Hall–Kier alpha value is -2.04. The second-order valence-electron chi connectivity index (χ2n) is 9.80. The van der Waals surface area contributed by atoms with Crippen molar-refractivity contribution in [3.63, 3.8) is 0 Å². The lowest BCUT2D eigenvalue weighted by molar-refractivity contribution is -0.121. The largest absolute Gasteiger partial charge is 0.492 e. The lowest BCUT2D eigenvalue weighted by Gasteiger charge is -2.34. The van der Waals surface area contributed by atoms with Crippen molar-refractivity contribution in [1.29, 1.82) is 0 Å². The summed E-state index contributed by atoms with van der Waals surface area (Å²) >= 11 is 6.48. The van der Waals surface area contributed by atoms with Gasteiger partial charge in [-0.2, -0.15) is 0 Å².